The zero-order valence-electron chi connectivity index (χ0n) is 47.1. The molecule has 73 heavy (non-hydrogen) atoms. The van der Waals surface area contributed by atoms with Gasteiger partial charge in [0.25, 0.3) is 0 Å². The Morgan fingerprint density at radius 2 is 0.877 bits per heavy atom. The van der Waals surface area contributed by atoms with Crippen LogP contribution in [0.15, 0.2) is 0 Å². The summed E-state index contributed by atoms with van der Waals surface area (Å²) >= 11 is 1.27. The van der Waals surface area contributed by atoms with Crippen LogP contribution in [0, 0.1) is 0 Å². The minimum Gasteiger partial charge on any atom is -0.462 e. The number of carbonyl (C=O) groups is 6. The van der Waals surface area contributed by atoms with E-state index < -0.39 is 42.7 Å². The minimum atomic E-state index is -1.36. The molecular formula is C59H112N4O9S. The highest BCUT2D eigenvalue weighted by molar-refractivity contribution is 7.99. The van der Waals surface area contributed by atoms with E-state index in [0.717, 1.165) is 57.8 Å². The molecule has 0 bridgehead atoms. The molecule has 0 heterocycles. The van der Waals surface area contributed by atoms with Crippen LogP contribution in [0.5, 0.6) is 0 Å². The number of carbonyl (C=O) groups excluding carboxylic acids is 6. The van der Waals surface area contributed by atoms with Crippen LogP contribution in [0.1, 0.15) is 284 Å². The van der Waals surface area contributed by atoms with Gasteiger partial charge in [-0.1, -0.05) is 226 Å². The summed E-state index contributed by atoms with van der Waals surface area (Å²) in [5, 5.41) is 18.2. The first-order valence-corrected chi connectivity index (χ1v) is 31.4. The number of aldehydes is 1. The molecule has 0 saturated carbocycles. The molecule has 0 aliphatic heterocycles. The van der Waals surface area contributed by atoms with E-state index in [1.54, 1.807) is 0 Å². The van der Waals surface area contributed by atoms with Crippen LogP contribution < -0.4 is 21.7 Å². The van der Waals surface area contributed by atoms with Crippen molar-refractivity contribution in [2.75, 3.05) is 31.3 Å². The largest absolute Gasteiger partial charge is 0.462 e. The zero-order valence-corrected chi connectivity index (χ0v) is 47.9. The zero-order chi connectivity index (χ0) is 53.7. The Kier molecular flexibility index (Phi) is 52.1. The fourth-order valence-electron chi connectivity index (χ4n) is 8.99. The van der Waals surface area contributed by atoms with Crippen molar-refractivity contribution in [1.29, 1.82) is 0 Å². The summed E-state index contributed by atoms with van der Waals surface area (Å²) < 4.78 is 11.6. The SMILES string of the molecule is CCCCCCCCCCCCCCCC(=O)N[C@@H](CSCC(COC(=O)CCCCCCCCCCCCC)OC(=O)CCCCCCCCCCCCC)C(=O)N[C@@H](CO)C(=O)N[C@H](C=O)CCCCN. The van der Waals surface area contributed by atoms with Crippen molar-refractivity contribution >= 4 is 47.7 Å². The van der Waals surface area contributed by atoms with Crippen LogP contribution in [0.25, 0.3) is 0 Å². The van der Waals surface area contributed by atoms with Crippen LogP contribution >= 0.6 is 11.8 Å². The van der Waals surface area contributed by atoms with Crippen LogP contribution in [0.2, 0.25) is 0 Å². The molecule has 14 heteroatoms. The van der Waals surface area contributed by atoms with E-state index in [1.165, 1.54) is 166 Å². The molecule has 13 nitrogen and oxygen atoms in total. The molecule has 0 saturated heterocycles. The van der Waals surface area contributed by atoms with E-state index in [-0.39, 0.29) is 55.2 Å². The molecule has 0 aromatic heterocycles. The molecule has 4 atom stereocenters. The smallest absolute Gasteiger partial charge is 0.306 e. The van der Waals surface area contributed by atoms with Gasteiger partial charge in [-0.25, -0.2) is 0 Å². The average Bonchev–Trinajstić information content (AvgIpc) is 3.38. The second-order valence-electron chi connectivity index (χ2n) is 20.8. The molecule has 0 aromatic rings. The maximum Gasteiger partial charge on any atom is 0.306 e. The molecule has 0 radical (unpaired) electrons. The number of amides is 3. The quantitative estimate of drug-likeness (QED) is 0.0220. The van der Waals surface area contributed by atoms with Gasteiger partial charge in [0.2, 0.25) is 17.7 Å². The summed E-state index contributed by atoms with van der Waals surface area (Å²) in [6, 6.07) is -3.26. The van der Waals surface area contributed by atoms with Crippen molar-refractivity contribution in [3.63, 3.8) is 0 Å². The Hall–Kier alpha value is -2.71. The molecule has 0 rings (SSSR count). The third-order valence-corrected chi connectivity index (χ3v) is 14.9. The lowest BCUT2D eigenvalue weighted by molar-refractivity contribution is -0.157. The van der Waals surface area contributed by atoms with Gasteiger partial charge >= 0.3 is 11.9 Å². The molecule has 1 unspecified atom stereocenters. The number of nitrogens with one attached hydrogen (secondary N) is 3. The number of ether oxygens (including phenoxy) is 2. The number of unbranched alkanes of at least 4 members (excludes halogenated alkanes) is 33. The number of hydrogen-bond acceptors (Lipinski definition) is 11. The predicted molar refractivity (Wildman–Crippen MR) is 302 cm³/mol. The first-order chi connectivity index (χ1) is 35.6. The number of nitrogens with two attached hydrogens (primary N) is 1. The topological polar surface area (TPSA) is 203 Å². The summed E-state index contributed by atoms with van der Waals surface area (Å²) in [7, 11) is 0. The van der Waals surface area contributed by atoms with E-state index in [1.807, 2.05) is 0 Å². The van der Waals surface area contributed by atoms with Gasteiger partial charge in [0.15, 0.2) is 0 Å². The summed E-state index contributed by atoms with van der Waals surface area (Å²) in [4.78, 5) is 78.1. The predicted octanol–water partition coefficient (Wildman–Crippen LogP) is 12.8. The molecule has 428 valence electrons. The maximum absolute atomic E-state index is 13.8. The highest BCUT2D eigenvalue weighted by Crippen LogP contribution is 2.17. The normalized spacial score (nSPS) is 12.9. The lowest BCUT2D eigenvalue weighted by Gasteiger charge is -2.24. The second-order valence-corrected chi connectivity index (χ2v) is 21.9. The van der Waals surface area contributed by atoms with Gasteiger partial charge in [0.1, 0.15) is 31.1 Å². The standard InChI is InChI=1S/C59H112N4O9S/c1-4-7-10-13-16-19-22-23-26-27-30-33-36-42-55(66)62-54(59(70)63-53(47-65)58(69)61-51(46-64)41-39-40-45-60)50-73-49-52(72-57(68)44-38-35-32-29-25-21-18-15-12-9-6-3)48-71-56(67)43-37-34-31-28-24-20-17-14-11-8-5-2/h46,51-54,65H,4-45,47-50,60H2,1-3H3,(H,61,69)(H,62,66)(H,63,70)/t51-,52?,53-,54-/m0/s1. The lowest BCUT2D eigenvalue weighted by atomic mass is 10.0. The second kappa shape index (κ2) is 54.1. The number of aliphatic hydroxyl groups excluding tert-OH is 1. The molecule has 6 N–H and O–H groups in total. The monoisotopic (exact) mass is 1050 g/mol. The Bertz CT molecular complexity index is 1330. The van der Waals surface area contributed by atoms with Crippen molar-refractivity contribution in [3.8, 4) is 0 Å². The molecule has 0 aliphatic carbocycles. The molecule has 0 spiro atoms. The minimum absolute atomic E-state index is 0.0609. The van der Waals surface area contributed by atoms with E-state index >= 15 is 0 Å². The maximum atomic E-state index is 13.8. The molecule has 0 aliphatic rings. The van der Waals surface area contributed by atoms with Crippen molar-refractivity contribution in [1.82, 2.24) is 16.0 Å². The third-order valence-electron chi connectivity index (χ3n) is 13.7. The van der Waals surface area contributed by atoms with Crippen molar-refractivity contribution in [2.45, 2.75) is 308 Å². The average molecular weight is 1050 g/mol. The van der Waals surface area contributed by atoms with E-state index in [2.05, 4.69) is 36.7 Å². The first-order valence-electron chi connectivity index (χ1n) is 30.2. The summed E-state index contributed by atoms with van der Waals surface area (Å²) in [5.74, 6) is -2.14. The van der Waals surface area contributed by atoms with E-state index in [4.69, 9.17) is 15.2 Å². The number of thioether (sulfide) groups is 1. The van der Waals surface area contributed by atoms with Crippen molar-refractivity contribution in [2.24, 2.45) is 5.73 Å². The van der Waals surface area contributed by atoms with Gasteiger partial charge < -0.3 is 41.1 Å². The number of aliphatic hydroxyl groups is 1. The van der Waals surface area contributed by atoms with Crippen LogP contribution in [-0.2, 0) is 38.2 Å². The van der Waals surface area contributed by atoms with Crippen molar-refractivity contribution in [3.05, 3.63) is 0 Å². The molecule has 3 amide bonds. The Balaban J connectivity index is 5.56. The Labute approximate surface area is 450 Å². The molecule has 0 fully saturated rings. The van der Waals surface area contributed by atoms with Gasteiger partial charge in [0.05, 0.1) is 12.6 Å². The van der Waals surface area contributed by atoms with E-state index in [9.17, 15) is 33.9 Å². The molecular weight excluding hydrogens is 941 g/mol. The fourth-order valence-corrected chi connectivity index (χ4v) is 10.0. The summed E-state index contributed by atoms with van der Waals surface area (Å²) in [6.07, 6.45) is 43.3. The van der Waals surface area contributed by atoms with Gasteiger partial charge in [-0.05, 0) is 45.1 Å². The Morgan fingerprint density at radius 1 is 0.479 bits per heavy atom. The third kappa shape index (κ3) is 46.3. The van der Waals surface area contributed by atoms with Crippen molar-refractivity contribution < 1.29 is 43.3 Å². The van der Waals surface area contributed by atoms with Gasteiger partial charge in [-0.15, -0.1) is 0 Å². The van der Waals surface area contributed by atoms with Crippen LogP contribution in [0.3, 0.4) is 0 Å². The highest BCUT2D eigenvalue weighted by atomic mass is 32.2. The van der Waals surface area contributed by atoms with Crippen LogP contribution in [-0.4, -0.2) is 96.5 Å². The number of esters is 2. The number of rotatable bonds is 56. The van der Waals surface area contributed by atoms with Gasteiger partial charge in [-0.2, -0.15) is 11.8 Å². The summed E-state index contributed by atoms with van der Waals surface area (Å²) in [5.41, 5.74) is 5.59. The Morgan fingerprint density at radius 3 is 1.29 bits per heavy atom. The van der Waals surface area contributed by atoms with E-state index in [0.29, 0.717) is 44.9 Å². The van der Waals surface area contributed by atoms with Gasteiger partial charge in [-0.3, -0.25) is 24.0 Å². The first kappa shape index (κ1) is 70.3. The molecule has 0 aromatic carbocycles. The lowest BCUT2D eigenvalue weighted by Crippen LogP contribution is -2.57. The summed E-state index contributed by atoms with van der Waals surface area (Å²) in [6.45, 7) is 6.32. The fraction of sp³-hybridized carbons (Fsp3) is 0.898. The van der Waals surface area contributed by atoms with Gasteiger partial charge in [0, 0.05) is 30.8 Å². The number of hydrogen-bond donors (Lipinski definition) is 5. The highest BCUT2D eigenvalue weighted by Gasteiger charge is 2.28. The van der Waals surface area contributed by atoms with Crippen LogP contribution in [0.4, 0.5) is 0 Å².